The van der Waals surface area contributed by atoms with Crippen LogP contribution < -0.4 is 5.73 Å². The molecule has 15 heavy (non-hydrogen) atoms. The van der Waals surface area contributed by atoms with Crippen LogP contribution in [0.5, 0.6) is 0 Å². The normalized spacial score (nSPS) is 35.9. The number of hydrogen-bond donors (Lipinski definition) is 2. The Hall–Kier alpha value is -0.180. The third kappa shape index (κ3) is 2.90. The van der Waals surface area contributed by atoms with Crippen molar-refractivity contribution in [2.75, 3.05) is 5.75 Å². The Morgan fingerprint density at radius 1 is 1.13 bits per heavy atom. The van der Waals surface area contributed by atoms with Gasteiger partial charge in [0.05, 0.1) is 0 Å². The minimum atomic E-state index is 0.299. The molecule has 0 aliphatic heterocycles. The minimum absolute atomic E-state index is 0.299. The van der Waals surface area contributed by atoms with Crippen molar-refractivity contribution < 1.29 is 0 Å². The fourth-order valence-electron chi connectivity index (χ4n) is 3.48. The van der Waals surface area contributed by atoms with E-state index in [0.29, 0.717) is 5.17 Å². The fourth-order valence-corrected chi connectivity index (χ4v) is 4.28. The molecular formula is C12H22N2S. The molecule has 0 radical (unpaired) electrons. The van der Waals surface area contributed by atoms with E-state index in [0.717, 1.165) is 23.5 Å². The number of amidine groups is 1. The molecule has 2 nitrogen and oxygen atoms in total. The molecule has 0 spiro atoms. The standard InChI is InChI=1S/C12H22N2S/c13-12(14)15-8-10-6-3-5-9-4-1-2-7-11(9)10/h9-11H,1-8H2,(H3,13,14). The van der Waals surface area contributed by atoms with Gasteiger partial charge >= 0.3 is 0 Å². The zero-order valence-electron chi connectivity index (χ0n) is 9.37. The van der Waals surface area contributed by atoms with E-state index in [1.807, 2.05) is 0 Å². The summed E-state index contributed by atoms with van der Waals surface area (Å²) < 4.78 is 0. The van der Waals surface area contributed by atoms with Crippen molar-refractivity contribution in [1.29, 1.82) is 5.41 Å². The maximum Gasteiger partial charge on any atom is 0.151 e. The number of hydrogen-bond acceptors (Lipinski definition) is 2. The summed E-state index contributed by atoms with van der Waals surface area (Å²) >= 11 is 1.55. The first-order valence-corrected chi connectivity index (χ1v) is 7.22. The topological polar surface area (TPSA) is 49.9 Å². The molecule has 3 atom stereocenters. The minimum Gasteiger partial charge on any atom is -0.379 e. The molecule has 2 aliphatic carbocycles. The van der Waals surface area contributed by atoms with E-state index < -0.39 is 0 Å². The van der Waals surface area contributed by atoms with Crippen molar-refractivity contribution >= 4 is 16.9 Å². The summed E-state index contributed by atoms with van der Waals surface area (Å²) in [6.45, 7) is 0. The van der Waals surface area contributed by atoms with Gasteiger partial charge in [0.15, 0.2) is 5.17 Å². The number of rotatable bonds is 2. The van der Waals surface area contributed by atoms with Crippen LogP contribution in [0.3, 0.4) is 0 Å². The van der Waals surface area contributed by atoms with E-state index in [9.17, 15) is 0 Å². The van der Waals surface area contributed by atoms with Gasteiger partial charge in [-0.25, -0.2) is 0 Å². The summed E-state index contributed by atoms with van der Waals surface area (Å²) in [7, 11) is 0. The second-order valence-electron chi connectivity index (χ2n) is 5.07. The van der Waals surface area contributed by atoms with E-state index in [2.05, 4.69) is 0 Å². The van der Waals surface area contributed by atoms with Crippen molar-refractivity contribution in [3.63, 3.8) is 0 Å². The molecule has 0 heterocycles. The fraction of sp³-hybridized carbons (Fsp3) is 0.917. The van der Waals surface area contributed by atoms with E-state index >= 15 is 0 Å². The molecular weight excluding hydrogens is 204 g/mol. The maximum absolute atomic E-state index is 7.29. The van der Waals surface area contributed by atoms with Gasteiger partial charge in [-0.3, -0.25) is 5.41 Å². The van der Waals surface area contributed by atoms with Gasteiger partial charge < -0.3 is 5.73 Å². The molecule has 2 rings (SSSR count). The molecule has 0 aromatic carbocycles. The Labute approximate surface area is 96.9 Å². The molecule has 2 saturated carbocycles. The number of fused-ring (bicyclic) bond motifs is 1. The number of thioether (sulfide) groups is 1. The Morgan fingerprint density at radius 2 is 1.87 bits per heavy atom. The zero-order chi connectivity index (χ0) is 10.7. The molecule has 3 unspecified atom stereocenters. The summed E-state index contributed by atoms with van der Waals surface area (Å²) in [4.78, 5) is 0. The maximum atomic E-state index is 7.29. The van der Waals surface area contributed by atoms with Gasteiger partial charge in [-0.15, -0.1) is 0 Å². The van der Waals surface area contributed by atoms with Crippen LogP contribution in [0.1, 0.15) is 44.9 Å². The highest BCUT2D eigenvalue weighted by atomic mass is 32.2. The number of nitrogens with two attached hydrogens (primary N) is 1. The van der Waals surface area contributed by atoms with Gasteiger partial charge in [0.1, 0.15) is 0 Å². The third-order valence-corrected chi connectivity index (χ3v) is 5.08. The van der Waals surface area contributed by atoms with Crippen molar-refractivity contribution in [2.24, 2.45) is 23.5 Å². The summed E-state index contributed by atoms with van der Waals surface area (Å²) in [5, 5.41) is 7.58. The van der Waals surface area contributed by atoms with Crippen molar-refractivity contribution in [2.45, 2.75) is 44.9 Å². The summed E-state index contributed by atoms with van der Waals surface area (Å²) in [5.41, 5.74) is 5.42. The first-order chi connectivity index (χ1) is 7.27. The summed E-state index contributed by atoms with van der Waals surface area (Å²) in [6.07, 6.45) is 10.0. The lowest BCUT2D eigenvalue weighted by atomic mass is 9.66. The molecule has 0 saturated heterocycles. The monoisotopic (exact) mass is 226 g/mol. The van der Waals surface area contributed by atoms with Crippen LogP contribution in [-0.2, 0) is 0 Å². The third-order valence-electron chi connectivity index (χ3n) is 4.18. The highest BCUT2D eigenvalue weighted by molar-refractivity contribution is 8.13. The Kier molecular flexibility index (Phi) is 3.95. The van der Waals surface area contributed by atoms with Gasteiger partial charge in [0.25, 0.3) is 0 Å². The van der Waals surface area contributed by atoms with Gasteiger partial charge in [-0.2, -0.15) is 0 Å². The van der Waals surface area contributed by atoms with Gasteiger partial charge in [-0.05, 0) is 30.6 Å². The van der Waals surface area contributed by atoms with Gasteiger partial charge in [0.2, 0.25) is 0 Å². The molecule has 0 aromatic heterocycles. The van der Waals surface area contributed by atoms with Crippen LogP contribution in [0, 0.1) is 23.2 Å². The van der Waals surface area contributed by atoms with Crippen molar-refractivity contribution in [3.8, 4) is 0 Å². The Balaban J connectivity index is 1.88. The summed E-state index contributed by atoms with van der Waals surface area (Å²) in [6, 6.07) is 0. The largest absolute Gasteiger partial charge is 0.379 e. The Bertz CT molecular complexity index is 228. The summed E-state index contributed by atoms with van der Waals surface area (Å²) in [5.74, 6) is 3.90. The lowest BCUT2D eigenvalue weighted by Crippen LogP contribution is -2.32. The van der Waals surface area contributed by atoms with Crippen LogP contribution >= 0.6 is 11.8 Å². The molecule has 0 bridgehead atoms. The predicted molar refractivity (Wildman–Crippen MR) is 67.2 cm³/mol. The molecule has 86 valence electrons. The van der Waals surface area contributed by atoms with E-state index in [1.54, 1.807) is 11.8 Å². The van der Waals surface area contributed by atoms with E-state index in [1.165, 1.54) is 44.9 Å². The van der Waals surface area contributed by atoms with Gasteiger partial charge in [-0.1, -0.05) is 43.9 Å². The predicted octanol–water partition coefficient (Wildman–Crippen LogP) is 3.22. The lowest BCUT2D eigenvalue weighted by Gasteiger charge is -2.41. The molecule has 3 N–H and O–H groups in total. The molecule has 0 aromatic rings. The Morgan fingerprint density at radius 3 is 2.67 bits per heavy atom. The highest BCUT2D eigenvalue weighted by Gasteiger charge is 2.34. The van der Waals surface area contributed by atoms with Crippen LogP contribution in [0.25, 0.3) is 0 Å². The van der Waals surface area contributed by atoms with Crippen LogP contribution in [0.4, 0.5) is 0 Å². The SMILES string of the molecule is N=C(N)SCC1CCCC2CCCCC21. The molecule has 3 heteroatoms. The molecule has 2 fully saturated rings. The second kappa shape index (κ2) is 5.24. The lowest BCUT2D eigenvalue weighted by molar-refractivity contribution is 0.117. The van der Waals surface area contributed by atoms with E-state index in [-0.39, 0.29) is 0 Å². The smallest absolute Gasteiger partial charge is 0.151 e. The van der Waals surface area contributed by atoms with Crippen LogP contribution in [0.15, 0.2) is 0 Å². The van der Waals surface area contributed by atoms with Crippen molar-refractivity contribution in [1.82, 2.24) is 0 Å². The van der Waals surface area contributed by atoms with Crippen LogP contribution in [0.2, 0.25) is 0 Å². The second-order valence-corrected chi connectivity index (χ2v) is 6.14. The average Bonchev–Trinajstić information content (AvgIpc) is 2.26. The van der Waals surface area contributed by atoms with Crippen molar-refractivity contribution in [3.05, 3.63) is 0 Å². The zero-order valence-corrected chi connectivity index (χ0v) is 10.2. The first kappa shape index (κ1) is 11.3. The average molecular weight is 226 g/mol. The number of nitrogens with one attached hydrogen (secondary N) is 1. The van der Waals surface area contributed by atoms with Crippen LogP contribution in [-0.4, -0.2) is 10.9 Å². The quantitative estimate of drug-likeness (QED) is 0.561. The first-order valence-electron chi connectivity index (χ1n) is 6.24. The molecule has 0 amide bonds. The van der Waals surface area contributed by atoms with E-state index in [4.69, 9.17) is 11.1 Å². The van der Waals surface area contributed by atoms with Gasteiger partial charge in [0, 0.05) is 5.75 Å². The molecule has 2 aliphatic rings. The highest BCUT2D eigenvalue weighted by Crippen LogP contribution is 2.44.